The largest absolute Gasteiger partial charge is 0.373 e. The highest BCUT2D eigenvalue weighted by molar-refractivity contribution is 4.97. The zero-order chi connectivity index (χ0) is 12.8. The van der Waals surface area contributed by atoms with Gasteiger partial charge in [-0.15, -0.1) is 0 Å². The zero-order valence-electron chi connectivity index (χ0n) is 12.1. The Morgan fingerprint density at radius 2 is 2.06 bits per heavy atom. The van der Waals surface area contributed by atoms with Gasteiger partial charge in [0.25, 0.3) is 0 Å². The van der Waals surface area contributed by atoms with Crippen molar-refractivity contribution in [3.8, 4) is 0 Å². The van der Waals surface area contributed by atoms with E-state index in [0.29, 0.717) is 12.2 Å². The Labute approximate surface area is 111 Å². The van der Waals surface area contributed by atoms with Gasteiger partial charge in [0.1, 0.15) is 0 Å². The fraction of sp³-hybridized carbons (Fsp3) is 1.00. The lowest BCUT2D eigenvalue weighted by Gasteiger charge is -2.29. The molecule has 3 heterocycles. The normalized spacial score (nSPS) is 40.8. The molecule has 3 aliphatic heterocycles. The summed E-state index contributed by atoms with van der Waals surface area (Å²) in [5.74, 6) is 0.836. The lowest BCUT2D eigenvalue weighted by molar-refractivity contribution is 0.0758. The summed E-state index contributed by atoms with van der Waals surface area (Å²) in [4.78, 5) is 2.71. The molecule has 0 aromatic carbocycles. The standard InChI is InChI=1S/C15H28N2O/c1-15(2,3)16-9-11-6-7-17(10-11)13-8-12-4-5-14(13)18-12/h11-14,16H,4-10H2,1-3H3. The Balaban J connectivity index is 1.47. The maximum Gasteiger partial charge on any atom is 0.0735 e. The molecule has 3 fully saturated rings. The summed E-state index contributed by atoms with van der Waals surface area (Å²) in [6, 6.07) is 0.739. The minimum atomic E-state index is 0.253. The highest BCUT2D eigenvalue weighted by Crippen LogP contribution is 2.38. The molecule has 3 heteroatoms. The number of nitrogens with one attached hydrogen (secondary N) is 1. The van der Waals surface area contributed by atoms with Crippen LogP contribution >= 0.6 is 0 Å². The molecular weight excluding hydrogens is 224 g/mol. The van der Waals surface area contributed by atoms with Gasteiger partial charge in [-0.2, -0.15) is 0 Å². The predicted molar refractivity (Wildman–Crippen MR) is 73.7 cm³/mol. The summed E-state index contributed by atoms with van der Waals surface area (Å²) in [6.45, 7) is 10.5. The van der Waals surface area contributed by atoms with Crippen molar-refractivity contribution in [1.82, 2.24) is 10.2 Å². The van der Waals surface area contributed by atoms with E-state index in [4.69, 9.17) is 4.74 Å². The van der Waals surface area contributed by atoms with Crippen LogP contribution in [0, 0.1) is 5.92 Å². The molecule has 3 aliphatic rings. The van der Waals surface area contributed by atoms with Gasteiger partial charge in [0.05, 0.1) is 12.2 Å². The van der Waals surface area contributed by atoms with Gasteiger partial charge < -0.3 is 10.1 Å². The van der Waals surface area contributed by atoms with Crippen LogP contribution < -0.4 is 5.32 Å². The Kier molecular flexibility index (Phi) is 3.41. The average Bonchev–Trinajstić information content (AvgIpc) is 3.01. The highest BCUT2D eigenvalue weighted by atomic mass is 16.5. The topological polar surface area (TPSA) is 24.5 Å². The highest BCUT2D eigenvalue weighted by Gasteiger charge is 2.44. The summed E-state index contributed by atoms with van der Waals surface area (Å²) < 4.78 is 5.99. The zero-order valence-corrected chi connectivity index (χ0v) is 12.1. The smallest absolute Gasteiger partial charge is 0.0735 e. The first-order chi connectivity index (χ1) is 8.51. The Morgan fingerprint density at radius 1 is 1.22 bits per heavy atom. The van der Waals surface area contributed by atoms with Gasteiger partial charge in [-0.05, 0) is 65.5 Å². The van der Waals surface area contributed by atoms with E-state index in [1.807, 2.05) is 0 Å². The molecule has 18 heavy (non-hydrogen) atoms. The van der Waals surface area contributed by atoms with Crippen molar-refractivity contribution in [2.75, 3.05) is 19.6 Å². The Bertz CT molecular complexity index is 299. The second-order valence-electron chi connectivity index (χ2n) is 7.46. The van der Waals surface area contributed by atoms with E-state index in [2.05, 4.69) is 31.0 Å². The minimum absolute atomic E-state index is 0.253. The van der Waals surface area contributed by atoms with Crippen molar-refractivity contribution in [2.24, 2.45) is 5.92 Å². The van der Waals surface area contributed by atoms with Crippen molar-refractivity contribution in [3.05, 3.63) is 0 Å². The fourth-order valence-corrected chi connectivity index (χ4v) is 3.78. The molecule has 2 bridgehead atoms. The number of fused-ring (bicyclic) bond motifs is 2. The molecule has 0 saturated carbocycles. The van der Waals surface area contributed by atoms with Gasteiger partial charge in [-0.25, -0.2) is 0 Å². The lowest BCUT2D eigenvalue weighted by Crippen LogP contribution is -2.42. The summed E-state index contributed by atoms with van der Waals surface area (Å²) in [7, 11) is 0. The van der Waals surface area contributed by atoms with Crippen LogP contribution in [0.15, 0.2) is 0 Å². The molecule has 0 amide bonds. The van der Waals surface area contributed by atoms with Gasteiger partial charge in [-0.3, -0.25) is 4.90 Å². The molecule has 0 aromatic heterocycles. The summed E-state index contributed by atoms with van der Waals surface area (Å²) in [6.07, 6.45) is 6.41. The van der Waals surface area contributed by atoms with Crippen LogP contribution in [-0.2, 0) is 4.74 Å². The van der Waals surface area contributed by atoms with Crippen LogP contribution in [0.25, 0.3) is 0 Å². The number of ether oxygens (including phenoxy) is 1. The number of rotatable bonds is 3. The molecule has 104 valence electrons. The first-order valence-electron chi connectivity index (χ1n) is 7.66. The maximum atomic E-state index is 5.99. The van der Waals surface area contributed by atoms with E-state index in [0.717, 1.165) is 12.0 Å². The van der Waals surface area contributed by atoms with Crippen LogP contribution in [0.2, 0.25) is 0 Å². The van der Waals surface area contributed by atoms with E-state index < -0.39 is 0 Å². The Morgan fingerprint density at radius 3 is 2.67 bits per heavy atom. The van der Waals surface area contributed by atoms with E-state index in [9.17, 15) is 0 Å². The fourth-order valence-electron chi connectivity index (χ4n) is 3.78. The third kappa shape index (κ3) is 2.73. The van der Waals surface area contributed by atoms with Crippen molar-refractivity contribution in [2.45, 2.75) is 70.2 Å². The molecule has 4 unspecified atom stereocenters. The molecule has 0 aliphatic carbocycles. The third-order valence-electron chi connectivity index (χ3n) is 4.78. The molecule has 0 aromatic rings. The predicted octanol–water partition coefficient (Wildman–Crippen LogP) is 2.02. The van der Waals surface area contributed by atoms with E-state index in [1.165, 1.54) is 45.3 Å². The maximum absolute atomic E-state index is 5.99. The first kappa shape index (κ1) is 12.9. The number of hydrogen-bond acceptors (Lipinski definition) is 3. The summed E-state index contributed by atoms with van der Waals surface area (Å²) >= 11 is 0. The van der Waals surface area contributed by atoms with Crippen LogP contribution in [-0.4, -0.2) is 48.3 Å². The first-order valence-corrected chi connectivity index (χ1v) is 7.66. The molecule has 3 nitrogen and oxygen atoms in total. The Hall–Kier alpha value is -0.120. The van der Waals surface area contributed by atoms with Crippen LogP contribution in [0.3, 0.4) is 0 Å². The van der Waals surface area contributed by atoms with Crippen LogP contribution in [0.4, 0.5) is 0 Å². The van der Waals surface area contributed by atoms with Gasteiger partial charge in [-0.1, -0.05) is 0 Å². The van der Waals surface area contributed by atoms with Gasteiger partial charge >= 0.3 is 0 Å². The van der Waals surface area contributed by atoms with E-state index in [1.54, 1.807) is 0 Å². The second kappa shape index (κ2) is 4.77. The molecule has 0 spiro atoms. The average molecular weight is 252 g/mol. The van der Waals surface area contributed by atoms with E-state index in [-0.39, 0.29) is 5.54 Å². The van der Waals surface area contributed by atoms with Crippen LogP contribution in [0.1, 0.15) is 46.5 Å². The van der Waals surface area contributed by atoms with Crippen molar-refractivity contribution >= 4 is 0 Å². The third-order valence-corrected chi connectivity index (χ3v) is 4.78. The molecule has 1 N–H and O–H groups in total. The number of hydrogen-bond donors (Lipinski definition) is 1. The molecular formula is C15H28N2O. The quantitative estimate of drug-likeness (QED) is 0.831. The summed E-state index contributed by atoms with van der Waals surface area (Å²) in [5, 5.41) is 3.65. The lowest BCUT2D eigenvalue weighted by atomic mass is 9.94. The second-order valence-corrected chi connectivity index (χ2v) is 7.46. The minimum Gasteiger partial charge on any atom is -0.373 e. The molecule has 3 rings (SSSR count). The van der Waals surface area contributed by atoms with Gasteiger partial charge in [0, 0.05) is 18.1 Å². The molecule has 4 atom stereocenters. The molecule has 3 saturated heterocycles. The number of likely N-dealkylation sites (tertiary alicyclic amines) is 1. The monoisotopic (exact) mass is 252 g/mol. The van der Waals surface area contributed by atoms with Crippen molar-refractivity contribution in [3.63, 3.8) is 0 Å². The van der Waals surface area contributed by atoms with Gasteiger partial charge in [0.2, 0.25) is 0 Å². The van der Waals surface area contributed by atoms with E-state index >= 15 is 0 Å². The van der Waals surface area contributed by atoms with Crippen molar-refractivity contribution < 1.29 is 4.74 Å². The molecule has 0 radical (unpaired) electrons. The van der Waals surface area contributed by atoms with Gasteiger partial charge in [0.15, 0.2) is 0 Å². The summed E-state index contributed by atoms with van der Waals surface area (Å²) in [5.41, 5.74) is 0.253. The van der Waals surface area contributed by atoms with Crippen LogP contribution in [0.5, 0.6) is 0 Å². The SMILES string of the molecule is CC(C)(C)NCC1CCN(C2CC3CCC2O3)C1. The van der Waals surface area contributed by atoms with Crippen molar-refractivity contribution in [1.29, 1.82) is 0 Å². The number of nitrogens with zero attached hydrogens (tertiary/aromatic N) is 1.